The van der Waals surface area contributed by atoms with E-state index < -0.39 is 0 Å². The fourth-order valence-corrected chi connectivity index (χ4v) is 3.60. The van der Waals surface area contributed by atoms with E-state index in [0.29, 0.717) is 35.6 Å². The van der Waals surface area contributed by atoms with E-state index >= 15 is 0 Å². The average Bonchev–Trinajstić information content (AvgIpc) is 2.75. The van der Waals surface area contributed by atoms with E-state index in [9.17, 15) is 9.59 Å². The van der Waals surface area contributed by atoms with Crippen molar-refractivity contribution in [2.45, 2.75) is 20.8 Å². The second-order valence-electron chi connectivity index (χ2n) is 6.85. The van der Waals surface area contributed by atoms with Crippen molar-refractivity contribution < 1.29 is 9.59 Å². The number of anilines is 1. The number of carbonyl (C=O) groups is 2. The number of hydrogen-bond donors (Lipinski definition) is 1. The molecule has 3 aromatic rings. The van der Waals surface area contributed by atoms with Crippen molar-refractivity contribution in [1.82, 2.24) is 9.88 Å². The molecule has 6 heteroatoms. The van der Waals surface area contributed by atoms with Gasteiger partial charge in [-0.25, -0.2) is 0 Å². The van der Waals surface area contributed by atoms with Crippen molar-refractivity contribution >= 4 is 33.4 Å². The third-order valence-electron chi connectivity index (χ3n) is 4.89. The number of benzene rings is 2. The molecule has 2 amide bonds. The van der Waals surface area contributed by atoms with Gasteiger partial charge in [-0.2, -0.15) is 0 Å². The number of aryl methyl sites for hydroxylation is 1. The van der Waals surface area contributed by atoms with Crippen molar-refractivity contribution in [3.8, 4) is 11.3 Å². The Morgan fingerprint density at radius 2 is 1.70 bits per heavy atom. The van der Waals surface area contributed by atoms with Crippen LogP contribution in [0.1, 0.15) is 40.3 Å². The molecule has 1 N–H and O–H groups in total. The summed E-state index contributed by atoms with van der Waals surface area (Å²) in [6, 6.07) is 18.5. The van der Waals surface area contributed by atoms with Crippen LogP contribution in [0.5, 0.6) is 0 Å². The fourth-order valence-electron chi connectivity index (χ4n) is 3.20. The van der Waals surface area contributed by atoms with Crippen molar-refractivity contribution in [3.63, 3.8) is 0 Å². The highest BCUT2D eigenvalue weighted by atomic mass is 79.9. The Morgan fingerprint density at radius 3 is 2.30 bits per heavy atom. The summed E-state index contributed by atoms with van der Waals surface area (Å²) in [7, 11) is 0. The van der Waals surface area contributed by atoms with Crippen LogP contribution < -0.4 is 5.32 Å². The summed E-state index contributed by atoms with van der Waals surface area (Å²) >= 11 is 3.47. The molecule has 0 aliphatic heterocycles. The normalized spacial score (nSPS) is 10.5. The van der Waals surface area contributed by atoms with E-state index in [1.165, 1.54) is 0 Å². The monoisotopic (exact) mass is 465 g/mol. The molecule has 0 saturated heterocycles. The lowest BCUT2D eigenvalue weighted by molar-refractivity contribution is 0.0773. The molecular weight excluding hydrogens is 442 g/mol. The Bertz CT molecular complexity index is 1060. The van der Waals surface area contributed by atoms with Crippen LogP contribution in [0.2, 0.25) is 0 Å². The number of nitrogens with one attached hydrogen (secondary N) is 1. The summed E-state index contributed by atoms with van der Waals surface area (Å²) in [4.78, 5) is 31.5. The molecule has 0 unspecified atom stereocenters. The molecular formula is C24H24BrN3O2. The van der Waals surface area contributed by atoms with Crippen molar-refractivity contribution in [3.05, 3.63) is 82.0 Å². The molecule has 0 spiro atoms. The van der Waals surface area contributed by atoms with Gasteiger partial charge in [0.15, 0.2) is 0 Å². The minimum absolute atomic E-state index is 0.0129. The van der Waals surface area contributed by atoms with Crippen molar-refractivity contribution in [2.24, 2.45) is 0 Å². The van der Waals surface area contributed by atoms with Crippen LogP contribution in [0.25, 0.3) is 11.3 Å². The zero-order chi connectivity index (χ0) is 21.7. The molecule has 0 bridgehead atoms. The third-order valence-corrected chi connectivity index (χ3v) is 5.38. The number of pyridine rings is 1. The summed E-state index contributed by atoms with van der Waals surface area (Å²) < 4.78 is 0.976. The number of halogens is 1. The first-order valence-corrected chi connectivity index (χ1v) is 10.7. The molecule has 0 aliphatic rings. The van der Waals surface area contributed by atoms with Gasteiger partial charge in [0.25, 0.3) is 11.8 Å². The number of rotatable bonds is 6. The maximum atomic E-state index is 12.7. The first-order valence-electron chi connectivity index (χ1n) is 9.87. The van der Waals surface area contributed by atoms with Gasteiger partial charge >= 0.3 is 0 Å². The number of nitrogens with zero attached hydrogens (tertiary/aromatic N) is 2. The van der Waals surface area contributed by atoms with E-state index in [1.54, 1.807) is 35.2 Å². The van der Waals surface area contributed by atoms with Gasteiger partial charge in [-0.15, -0.1) is 0 Å². The van der Waals surface area contributed by atoms with Crippen LogP contribution in [-0.2, 0) is 0 Å². The van der Waals surface area contributed by atoms with E-state index in [4.69, 9.17) is 0 Å². The lowest BCUT2D eigenvalue weighted by Gasteiger charge is -2.18. The van der Waals surface area contributed by atoms with Gasteiger partial charge in [0.1, 0.15) is 0 Å². The summed E-state index contributed by atoms with van der Waals surface area (Å²) in [5.74, 6) is -0.246. The molecule has 154 valence electrons. The van der Waals surface area contributed by atoms with Crippen molar-refractivity contribution in [2.75, 3.05) is 18.4 Å². The third kappa shape index (κ3) is 4.94. The predicted octanol–water partition coefficient (Wildman–Crippen LogP) is 5.55. The standard InChI is InChI=1S/C24H24BrN3O2/c1-4-28(5-2)24(30)17-9-11-20(12-10-17)27-23(29)21-13-14-22(26-16(21)3)18-7-6-8-19(25)15-18/h6-15H,4-5H2,1-3H3,(H,27,29). The van der Waals surface area contributed by atoms with Gasteiger partial charge in [-0.1, -0.05) is 28.1 Å². The van der Waals surface area contributed by atoms with Crippen LogP contribution in [0.15, 0.2) is 65.1 Å². The minimum Gasteiger partial charge on any atom is -0.339 e. The quantitative estimate of drug-likeness (QED) is 0.518. The first kappa shape index (κ1) is 21.7. The lowest BCUT2D eigenvalue weighted by Crippen LogP contribution is -2.30. The van der Waals surface area contributed by atoms with E-state index in [2.05, 4.69) is 26.2 Å². The molecule has 0 aliphatic carbocycles. The molecule has 0 radical (unpaired) electrons. The van der Waals surface area contributed by atoms with Gasteiger partial charge in [-0.3, -0.25) is 14.6 Å². The van der Waals surface area contributed by atoms with Gasteiger partial charge in [-0.05, 0) is 69.3 Å². The van der Waals surface area contributed by atoms with Gasteiger partial charge in [0, 0.05) is 34.4 Å². The molecule has 2 aromatic carbocycles. The Balaban J connectivity index is 1.74. The van der Waals surface area contributed by atoms with Crippen LogP contribution in [-0.4, -0.2) is 34.8 Å². The molecule has 0 saturated carbocycles. The number of carbonyl (C=O) groups excluding carboxylic acids is 2. The lowest BCUT2D eigenvalue weighted by atomic mass is 10.1. The zero-order valence-corrected chi connectivity index (χ0v) is 18.9. The second kappa shape index (κ2) is 9.67. The molecule has 0 atom stereocenters. The Morgan fingerprint density at radius 1 is 1.00 bits per heavy atom. The molecule has 1 heterocycles. The Labute approximate surface area is 185 Å². The molecule has 1 aromatic heterocycles. The van der Waals surface area contributed by atoms with E-state index in [0.717, 1.165) is 15.7 Å². The van der Waals surface area contributed by atoms with Crippen molar-refractivity contribution in [1.29, 1.82) is 0 Å². The smallest absolute Gasteiger partial charge is 0.257 e. The predicted molar refractivity (Wildman–Crippen MR) is 124 cm³/mol. The number of aromatic nitrogens is 1. The van der Waals surface area contributed by atoms with Crippen LogP contribution in [0.3, 0.4) is 0 Å². The number of hydrogen-bond acceptors (Lipinski definition) is 3. The average molecular weight is 466 g/mol. The van der Waals surface area contributed by atoms with Crippen LogP contribution >= 0.6 is 15.9 Å². The molecule has 0 fully saturated rings. The van der Waals surface area contributed by atoms with Gasteiger partial charge in [0.05, 0.1) is 17.0 Å². The maximum absolute atomic E-state index is 12.7. The van der Waals surface area contributed by atoms with E-state index in [-0.39, 0.29) is 11.8 Å². The highest BCUT2D eigenvalue weighted by Crippen LogP contribution is 2.23. The molecule has 5 nitrogen and oxygen atoms in total. The highest BCUT2D eigenvalue weighted by molar-refractivity contribution is 9.10. The minimum atomic E-state index is -0.233. The summed E-state index contributed by atoms with van der Waals surface area (Å²) in [6.45, 7) is 7.05. The summed E-state index contributed by atoms with van der Waals surface area (Å²) in [6.07, 6.45) is 0. The maximum Gasteiger partial charge on any atom is 0.257 e. The number of amides is 2. The topological polar surface area (TPSA) is 62.3 Å². The summed E-state index contributed by atoms with van der Waals surface area (Å²) in [5, 5.41) is 2.88. The summed E-state index contributed by atoms with van der Waals surface area (Å²) in [5.41, 5.74) is 4.19. The van der Waals surface area contributed by atoms with Gasteiger partial charge in [0.2, 0.25) is 0 Å². The first-order chi connectivity index (χ1) is 14.4. The Hall–Kier alpha value is -2.99. The molecule has 3 rings (SSSR count). The Kier molecular flexibility index (Phi) is 7.00. The molecule has 30 heavy (non-hydrogen) atoms. The van der Waals surface area contributed by atoms with Crippen LogP contribution in [0, 0.1) is 6.92 Å². The van der Waals surface area contributed by atoms with Gasteiger partial charge < -0.3 is 10.2 Å². The highest BCUT2D eigenvalue weighted by Gasteiger charge is 2.14. The van der Waals surface area contributed by atoms with Crippen LogP contribution in [0.4, 0.5) is 5.69 Å². The largest absolute Gasteiger partial charge is 0.339 e. The second-order valence-corrected chi connectivity index (χ2v) is 7.76. The fraction of sp³-hybridized carbons (Fsp3) is 0.208. The zero-order valence-electron chi connectivity index (χ0n) is 17.3. The SMILES string of the molecule is CCN(CC)C(=O)c1ccc(NC(=O)c2ccc(-c3cccc(Br)c3)nc2C)cc1. The van der Waals surface area contributed by atoms with E-state index in [1.807, 2.05) is 51.1 Å².